The van der Waals surface area contributed by atoms with Gasteiger partial charge in [-0.2, -0.15) is 0 Å². The van der Waals surface area contributed by atoms with Crippen LogP contribution >= 0.6 is 0 Å². The summed E-state index contributed by atoms with van der Waals surface area (Å²) in [4.78, 5) is 1.82. The third kappa shape index (κ3) is 5.04. The summed E-state index contributed by atoms with van der Waals surface area (Å²) in [6.07, 6.45) is 0. The Morgan fingerprint density at radius 3 is 2.70 bits per heavy atom. The molecule has 0 atom stereocenters. The number of ether oxygens (including phenoxy) is 1. The minimum Gasteiger partial charge on any atom is -0.398 e. The van der Waals surface area contributed by atoms with E-state index in [1.807, 2.05) is 11.9 Å². The second-order valence-electron chi connectivity index (χ2n) is 4.38. The van der Waals surface area contributed by atoms with E-state index in [1.54, 1.807) is 7.11 Å². The smallest absolute Gasteiger partial charge is 0.242 e. The van der Waals surface area contributed by atoms with Crippen LogP contribution in [0.4, 0.5) is 10.1 Å². The van der Waals surface area contributed by atoms with Crippen LogP contribution in [0, 0.1) is 5.82 Å². The van der Waals surface area contributed by atoms with Crippen molar-refractivity contribution >= 4 is 15.7 Å². The van der Waals surface area contributed by atoms with E-state index in [0.717, 1.165) is 18.2 Å². The number of rotatable bonds is 8. The molecule has 0 amide bonds. The second kappa shape index (κ2) is 7.53. The van der Waals surface area contributed by atoms with Crippen molar-refractivity contribution in [2.45, 2.75) is 4.90 Å². The first kappa shape index (κ1) is 16.8. The summed E-state index contributed by atoms with van der Waals surface area (Å²) in [5.74, 6) is -0.569. The van der Waals surface area contributed by atoms with Crippen molar-refractivity contribution in [1.82, 2.24) is 9.62 Å². The molecule has 1 rings (SSSR count). The van der Waals surface area contributed by atoms with Gasteiger partial charge in [-0.3, -0.25) is 0 Å². The van der Waals surface area contributed by atoms with Crippen LogP contribution in [0.15, 0.2) is 23.1 Å². The maximum atomic E-state index is 12.9. The number of hydrogen-bond donors (Lipinski definition) is 2. The quantitative estimate of drug-likeness (QED) is 0.673. The van der Waals surface area contributed by atoms with E-state index in [1.165, 1.54) is 0 Å². The van der Waals surface area contributed by atoms with Crippen LogP contribution in [0.3, 0.4) is 0 Å². The van der Waals surface area contributed by atoms with Gasteiger partial charge in [-0.25, -0.2) is 17.5 Å². The molecule has 0 aliphatic heterocycles. The summed E-state index contributed by atoms with van der Waals surface area (Å²) in [5, 5.41) is 0. The number of benzene rings is 1. The highest BCUT2D eigenvalue weighted by Gasteiger charge is 2.17. The lowest BCUT2D eigenvalue weighted by molar-refractivity contribution is 0.162. The zero-order chi connectivity index (χ0) is 15.2. The largest absolute Gasteiger partial charge is 0.398 e. The van der Waals surface area contributed by atoms with Crippen molar-refractivity contribution in [1.29, 1.82) is 0 Å². The zero-order valence-corrected chi connectivity index (χ0v) is 12.4. The number of likely N-dealkylation sites (N-methyl/N-ethyl adjacent to an activating group) is 1. The van der Waals surface area contributed by atoms with Gasteiger partial charge in [-0.05, 0) is 25.2 Å². The Morgan fingerprint density at radius 1 is 1.40 bits per heavy atom. The lowest BCUT2D eigenvalue weighted by atomic mass is 10.3. The van der Waals surface area contributed by atoms with E-state index in [2.05, 4.69) is 4.72 Å². The molecule has 8 heteroatoms. The van der Waals surface area contributed by atoms with Gasteiger partial charge in [0.25, 0.3) is 0 Å². The summed E-state index contributed by atoms with van der Waals surface area (Å²) in [6.45, 7) is 2.05. The topological polar surface area (TPSA) is 84.7 Å². The molecule has 6 nitrogen and oxygen atoms in total. The molecule has 0 aliphatic rings. The van der Waals surface area contributed by atoms with Gasteiger partial charge in [0.1, 0.15) is 10.7 Å². The zero-order valence-electron chi connectivity index (χ0n) is 11.6. The first-order valence-electron chi connectivity index (χ1n) is 6.09. The molecule has 1 aromatic rings. The van der Waals surface area contributed by atoms with Crippen molar-refractivity contribution < 1.29 is 17.5 Å². The van der Waals surface area contributed by atoms with Crippen molar-refractivity contribution in [2.24, 2.45) is 0 Å². The Bertz CT molecular complexity index is 537. The number of nitrogens with one attached hydrogen (secondary N) is 1. The highest BCUT2D eigenvalue weighted by atomic mass is 32.2. The van der Waals surface area contributed by atoms with Crippen LogP contribution in [0.25, 0.3) is 0 Å². The maximum absolute atomic E-state index is 12.9. The van der Waals surface area contributed by atoms with Crippen LogP contribution in [0.1, 0.15) is 0 Å². The normalized spacial score (nSPS) is 12.0. The van der Waals surface area contributed by atoms with Gasteiger partial charge in [0, 0.05) is 26.7 Å². The molecule has 0 fully saturated rings. The molecule has 3 N–H and O–H groups in total. The van der Waals surface area contributed by atoms with Crippen LogP contribution in [0.5, 0.6) is 0 Å². The van der Waals surface area contributed by atoms with Crippen molar-refractivity contribution in [2.75, 3.05) is 46.1 Å². The van der Waals surface area contributed by atoms with Crippen molar-refractivity contribution in [3.05, 3.63) is 24.0 Å². The molecule has 0 heterocycles. The molecule has 0 saturated carbocycles. The first-order valence-corrected chi connectivity index (χ1v) is 7.57. The summed E-state index contributed by atoms with van der Waals surface area (Å²) in [5.41, 5.74) is 5.41. The molecule has 0 spiro atoms. The average Bonchev–Trinajstić information content (AvgIpc) is 2.35. The highest BCUT2D eigenvalue weighted by molar-refractivity contribution is 7.89. The SMILES string of the molecule is COCCN(C)CCNS(=O)(=O)c1ccc(F)cc1N. The number of nitrogens with zero attached hydrogens (tertiary/aromatic N) is 1. The minimum atomic E-state index is -3.72. The lowest BCUT2D eigenvalue weighted by Gasteiger charge is -2.16. The first-order chi connectivity index (χ1) is 9.36. The number of methoxy groups -OCH3 is 1. The van der Waals surface area contributed by atoms with Crippen molar-refractivity contribution in [3.63, 3.8) is 0 Å². The molecule has 114 valence electrons. The van der Waals surface area contributed by atoms with Crippen LogP contribution in [-0.4, -0.2) is 53.7 Å². The second-order valence-corrected chi connectivity index (χ2v) is 6.11. The van der Waals surface area contributed by atoms with E-state index in [0.29, 0.717) is 19.7 Å². The van der Waals surface area contributed by atoms with E-state index in [-0.39, 0.29) is 17.1 Å². The molecule has 0 unspecified atom stereocenters. The number of hydrogen-bond acceptors (Lipinski definition) is 5. The van der Waals surface area contributed by atoms with Gasteiger partial charge in [-0.1, -0.05) is 0 Å². The standard InChI is InChI=1S/C12H20FN3O3S/c1-16(7-8-19-2)6-5-15-20(17,18)12-4-3-10(13)9-11(12)14/h3-4,9,15H,5-8,14H2,1-2H3. The third-order valence-corrected chi connectivity index (χ3v) is 4.26. The molecule has 0 bridgehead atoms. The molecule has 20 heavy (non-hydrogen) atoms. The Balaban J connectivity index is 2.58. The van der Waals surface area contributed by atoms with Gasteiger partial charge < -0.3 is 15.4 Å². The van der Waals surface area contributed by atoms with Gasteiger partial charge >= 0.3 is 0 Å². The van der Waals surface area contributed by atoms with E-state index < -0.39 is 15.8 Å². The third-order valence-electron chi connectivity index (χ3n) is 2.72. The molecular formula is C12H20FN3O3S. The fourth-order valence-corrected chi connectivity index (χ4v) is 2.70. The van der Waals surface area contributed by atoms with Crippen molar-refractivity contribution in [3.8, 4) is 0 Å². The predicted molar refractivity (Wildman–Crippen MR) is 75.4 cm³/mol. The molecule has 0 radical (unpaired) electrons. The summed E-state index contributed by atoms with van der Waals surface area (Å²) in [7, 11) is -0.258. The molecule has 1 aromatic carbocycles. The summed E-state index contributed by atoms with van der Waals surface area (Å²) < 4.78 is 44.3. The van der Waals surface area contributed by atoms with Gasteiger partial charge in [0.15, 0.2) is 0 Å². The number of sulfonamides is 1. The Hall–Kier alpha value is -1.22. The van der Waals surface area contributed by atoms with E-state index >= 15 is 0 Å². The number of halogens is 1. The number of anilines is 1. The Kier molecular flexibility index (Phi) is 6.34. The Labute approximate surface area is 118 Å². The molecule has 0 aliphatic carbocycles. The van der Waals surface area contributed by atoms with Crippen LogP contribution in [-0.2, 0) is 14.8 Å². The highest BCUT2D eigenvalue weighted by Crippen LogP contribution is 2.18. The summed E-state index contributed by atoms with van der Waals surface area (Å²) >= 11 is 0. The molecular weight excluding hydrogens is 285 g/mol. The van der Waals surface area contributed by atoms with Gasteiger partial charge in [0.2, 0.25) is 10.0 Å². The fourth-order valence-electron chi connectivity index (χ4n) is 1.57. The number of nitrogen functional groups attached to an aromatic ring is 1. The maximum Gasteiger partial charge on any atom is 0.242 e. The summed E-state index contributed by atoms with van der Waals surface area (Å²) in [6, 6.07) is 3.20. The lowest BCUT2D eigenvalue weighted by Crippen LogP contribution is -2.34. The van der Waals surface area contributed by atoms with Gasteiger partial charge in [-0.15, -0.1) is 0 Å². The van der Waals surface area contributed by atoms with Gasteiger partial charge in [0.05, 0.1) is 12.3 Å². The predicted octanol–water partition coefficient (Wildman–Crippen LogP) is 0.264. The average molecular weight is 305 g/mol. The fraction of sp³-hybridized carbons (Fsp3) is 0.500. The molecule has 0 saturated heterocycles. The van der Waals surface area contributed by atoms with E-state index in [4.69, 9.17) is 10.5 Å². The minimum absolute atomic E-state index is 0.106. The number of nitrogens with two attached hydrogens (primary N) is 1. The van der Waals surface area contributed by atoms with Crippen LogP contribution in [0.2, 0.25) is 0 Å². The Morgan fingerprint density at radius 2 is 2.10 bits per heavy atom. The molecule has 0 aromatic heterocycles. The van der Waals surface area contributed by atoms with E-state index in [9.17, 15) is 12.8 Å². The monoisotopic (exact) mass is 305 g/mol. The van der Waals surface area contributed by atoms with Crippen LogP contribution < -0.4 is 10.5 Å².